The number of hydrogen-bond acceptors (Lipinski definition) is 3. The molecule has 1 aromatic rings. The van der Waals surface area contributed by atoms with E-state index in [1.165, 1.54) is 25.7 Å². The van der Waals surface area contributed by atoms with Gasteiger partial charge in [0.25, 0.3) is 0 Å². The van der Waals surface area contributed by atoms with Gasteiger partial charge in [0, 0.05) is 45.6 Å². The molecule has 0 aromatic carbocycles. The highest BCUT2D eigenvalue weighted by atomic mass is 16.2. The molecule has 2 unspecified atom stereocenters. The van der Waals surface area contributed by atoms with Crippen LogP contribution in [0.2, 0.25) is 0 Å². The Hall–Kier alpha value is -2.05. The van der Waals surface area contributed by atoms with E-state index in [2.05, 4.69) is 31.7 Å². The van der Waals surface area contributed by atoms with Crippen LogP contribution in [0.15, 0.2) is 23.7 Å². The van der Waals surface area contributed by atoms with Crippen LogP contribution < -0.4 is 5.32 Å². The van der Waals surface area contributed by atoms with Crippen LogP contribution in [0.5, 0.6) is 0 Å². The van der Waals surface area contributed by atoms with Crippen molar-refractivity contribution in [2.75, 3.05) is 33.7 Å². The number of carbonyl (C=O) groups is 1. The molecule has 2 aliphatic rings. The van der Waals surface area contributed by atoms with E-state index in [0.29, 0.717) is 18.0 Å². The van der Waals surface area contributed by atoms with Crippen LogP contribution in [-0.2, 0) is 4.79 Å². The van der Waals surface area contributed by atoms with Gasteiger partial charge in [0.1, 0.15) is 6.54 Å². The van der Waals surface area contributed by atoms with Gasteiger partial charge in [-0.05, 0) is 25.2 Å². The van der Waals surface area contributed by atoms with E-state index in [4.69, 9.17) is 0 Å². The Balaban J connectivity index is 1.73. The average Bonchev–Trinajstić information content (AvgIpc) is 3.32. The molecule has 26 heavy (non-hydrogen) atoms. The van der Waals surface area contributed by atoms with E-state index in [-0.39, 0.29) is 12.5 Å². The lowest BCUT2D eigenvalue weighted by atomic mass is 9.93. The van der Waals surface area contributed by atoms with Crippen LogP contribution in [-0.4, -0.2) is 71.0 Å². The predicted octanol–water partition coefficient (Wildman–Crippen LogP) is 1.74. The van der Waals surface area contributed by atoms with Gasteiger partial charge < -0.3 is 19.7 Å². The van der Waals surface area contributed by atoms with Crippen LogP contribution in [0.25, 0.3) is 0 Å². The number of rotatable bonds is 4. The summed E-state index contributed by atoms with van der Waals surface area (Å²) < 4.78 is 2.20. The summed E-state index contributed by atoms with van der Waals surface area (Å²) in [6.45, 7) is 4.37. The molecule has 3 rings (SSSR count). The number of guanidine groups is 1. The van der Waals surface area contributed by atoms with E-state index >= 15 is 0 Å². The SMILES string of the molecule is CC1CCN(C(=NCC(=O)N(C)C)NC2CCCC2)CC1n1ccnc1. The minimum absolute atomic E-state index is 0.0345. The molecule has 7 nitrogen and oxygen atoms in total. The number of hydrogen-bond donors (Lipinski definition) is 1. The third-order valence-electron chi connectivity index (χ3n) is 5.68. The monoisotopic (exact) mass is 360 g/mol. The molecule has 1 aliphatic carbocycles. The number of amides is 1. The van der Waals surface area contributed by atoms with E-state index in [9.17, 15) is 4.79 Å². The van der Waals surface area contributed by atoms with E-state index in [0.717, 1.165) is 25.5 Å². The normalized spacial score (nSPS) is 24.7. The Kier molecular flexibility index (Phi) is 6.16. The first kappa shape index (κ1) is 18.7. The molecule has 1 saturated heterocycles. The predicted molar refractivity (Wildman–Crippen MR) is 103 cm³/mol. The third-order valence-corrected chi connectivity index (χ3v) is 5.68. The zero-order chi connectivity index (χ0) is 18.5. The summed E-state index contributed by atoms with van der Waals surface area (Å²) in [5.41, 5.74) is 0. The van der Waals surface area contributed by atoms with Gasteiger partial charge in [-0.25, -0.2) is 9.98 Å². The summed E-state index contributed by atoms with van der Waals surface area (Å²) in [6, 6.07) is 0.862. The Morgan fingerprint density at radius 3 is 2.73 bits per heavy atom. The lowest BCUT2D eigenvalue weighted by Crippen LogP contribution is -2.51. The maximum Gasteiger partial charge on any atom is 0.243 e. The molecule has 2 heterocycles. The van der Waals surface area contributed by atoms with Gasteiger partial charge in [-0.15, -0.1) is 0 Å². The van der Waals surface area contributed by atoms with Gasteiger partial charge in [-0.1, -0.05) is 19.8 Å². The van der Waals surface area contributed by atoms with Crippen molar-refractivity contribution in [1.82, 2.24) is 24.7 Å². The van der Waals surface area contributed by atoms with Crippen LogP contribution in [0.3, 0.4) is 0 Å². The highest BCUT2D eigenvalue weighted by Gasteiger charge is 2.30. The first-order valence-electron chi connectivity index (χ1n) is 9.78. The lowest BCUT2D eigenvalue weighted by molar-refractivity contribution is -0.127. The zero-order valence-corrected chi connectivity index (χ0v) is 16.3. The number of piperidine rings is 1. The van der Waals surface area contributed by atoms with Crippen LogP contribution in [0.1, 0.15) is 45.1 Å². The maximum atomic E-state index is 12.0. The minimum Gasteiger partial charge on any atom is -0.353 e. The first-order chi connectivity index (χ1) is 12.5. The lowest BCUT2D eigenvalue weighted by Gasteiger charge is -2.40. The molecule has 1 amide bonds. The molecule has 1 aromatic heterocycles. The molecule has 1 saturated carbocycles. The highest BCUT2D eigenvalue weighted by molar-refractivity contribution is 5.85. The second kappa shape index (κ2) is 8.56. The summed E-state index contributed by atoms with van der Waals surface area (Å²) in [6.07, 6.45) is 11.8. The van der Waals surface area contributed by atoms with Crippen molar-refractivity contribution in [2.24, 2.45) is 10.9 Å². The van der Waals surface area contributed by atoms with Crippen molar-refractivity contribution in [3.05, 3.63) is 18.7 Å². The smallest absolute Gasteiger partial charge is 0.243 e. The molecule has 0 spiro atoms. The number of likely N-dealkylation sites (N-methyl/N-ethyl adjacent to an activating group) is 1. The number of nitrogens with zero attached hydrogens (tertiary/aromatic N) is 5. The van der Waals surface area contributed by atoms with Crippen molar-refractivity contribution < 1.29 is 4.79 Å². The first-order valence-corrected chi connectivity index (χ1v) is 9.78. The van der Waals surface area contributed by atoms with Crippen molar-refractivity contribution in [2.45, 2.75) is 51.1 Å². The molecule has 1 N–H and O–H groups in total. The van der Waals surface area contributed by atoms with Gasteiger partial charge in [0.2, 0.25) is 5.91 Å². The molecule has 0 radical (unpaired) electrons. The van der Waals surface area contributed by atoms with Gasteiger partial charge in [0.05, 0.1) is 12.4 Å². The molecule has 144 valence electrons. The molecule has 0 bridgehead atoms. The Labute approximate surface area is 156 Å². The Morgan fingerprint density at radius 1 is 1.31 bits per heavy atom. The number of carbonyl (C=O) groups excluding carboxylic acids is 1. The Morgan fingerprint density at radius 2 is 2.08 bits per heavy atom. The molecule has 2 atom stereocenters. The fraction of sp³-hybridized carbons (Fsp3) is 0.737. The molecule has 2 fully saturated rings. The van der Waals surface area contributed by atoms with E-state index in [1.807, 2.05) is 18.7 Å². The molecular weight excluding hydrogens is 328 g/mol. The summed E-state index contributed by atoms with van der Waals surface area (Å²) >= 11 is 0. The van der Waals surface area contributed by atoms with Crippen molar-refractivity contribution in [1.29, 1.82) is 0 Å². The number of nitrogens with one attached hydrogen (secondary N) is 1. The second-order valence-electron chi connectivity index (χ2n) is 7.84. The summed E-state index contributed by atoms with van der Waals surface area (Å²) in [4.78, 5) is 24.9. The summed E-state index contributed by atoms with van der Waals surface area (Å²) in [5, 5.41) is 3.64. The van der Waals surface area contributed by atoms with Gasteiger partial charge >= 0.3 is 0 Å². The van der Waals surface area contributed by atoms with Crippen molar-refractivity contribution in [3.8, 4) is 0 Å². The van der Waals surface area contributed by atoms with Crippen LogP contribution in [0.4, 0.5) is 0 Å². The zero-order valence-electron chi connectivity index (χ0n) is 16.3. The van der Waals surface area contributed by atoms with Crippen molar-refractivity contribution >= 4 is 11.9 Å². The topological polar surface area (TPSA) is 65.8 Å². The van der Waals surface area contributed by atoms with E-state index < -0.39 is 0 Å². The van der Waals surface area contributed by atoms with Crippen molar-refractivity contribution in [3.63, 3.8) is 0 Å². The van der Waals surface area contributed by atoms with Gasteiger partial charge in [-0.2, -0.15) is 0 Å². The van der Waals surface area contributed by atoms with Gasteiger partial charge in [0.15, 0.2) is 5.96 Å². The quantitative estimate of drug-likeness (QED) is 0.656. The third kappa shape index (κ3) is 4.56. The molecule has 7 heteroatoms. The van der Waals surface area contributed by atoms with Gasteiger partial charge in [-0.3, -0.25) is 4.79 Å². The molecule has 1 aliphatic heterocycles. The van der Waals surface area contributed by atoms with E-state index in [1.54, 1.807) is 19.0 Å². The number of aliphatic imine (C=N–C) groups is 1. The number of imidazole rings is 1. The summed E-state index contributed by atoms with van der Waals surface area (Å²) in [5.74, 6) is 1.52. The van der Waals surface area contributed by atoms with Crippen LogP contribution in [0, 0.1) is 5.92 Å². The van der Waals surface area contributed by atoms with Crippen LogP contribution >= 0.6 is 0 Å². The highest BCUT2D eigenvalue weighted by Crippen LogP contribution is 2.28. The standard InChI is InChI=1S/C19H32N6O/c1-15-8-10-24(13-17(15)25-11-9-20-14-25)19(21-12-18(26)23(2)3)22-16-6-4-5-7-16/h9,11,14-17H,4-8,10,12-13H2,1-3H3,(H,21,22). The number of likely N-dealkylation sites (tertiary alicyclic amines) is 1. The Bertz CT molecular complexity index is 606. The molecular formula is C19H32N6O. The largest absolute Gasteiger partial charge is 0.353 e. The maximum absolute atomic E-state index is 12.0. The minimum atomic E-state index is 0.0345. The fourth-order valence-corrected chi connectivity index (χ4v) is 3.87. The average molecular weight is 361 g/mol. The second-order valence-corrected chi connectivity index (χ2v) is 7.84. The number of aromatic nitrogens is 2. The fourth-order valence-electron chi connectivity index (χ4n) is 3.87. The summed E-state index contributed by atoms with van der Waals surface area (Å²) in [7, 11) is 3.55.